The van der Waals surface area contributed by atoms with Gasteiger partial charge in [0.2, 0.25) is 0 Å². The van der Waals surface area contributed by atoms with Crippen molar-refractivity contribution in [1.29, 1.82) is 0 Å². The summed E-state index contributed by atoms with van der Waals surface area (Å²) in [5, 5.41) is 0. The van der Waals surface area contributed by atoms with Gasteiger partial charge < -0.3 is 0 Å². The van der Waals surface area contributed by atoms with E-state index < -0.39 is 0 Å². The van der Waals surface area contributed by atoms with Crippen LogP contribution in [0.5, 0.6) is 0 Å². The Morgan fingerprint density at radius 2 is 2.14 bits per heavy atom. The molecule has 0 saturated heterocycles. The van der Waals surface area contributed by atoms with Gasteiger partial charge in [-0.2, -0.15) is 0 Å². The molecule has 0 aromatic carbocycles. The Bertz CT molecular complexity index is 271. The maximum absolute atomic E-state index is 10.9. The lowest BCUT2D eigenvalue weighted by molar-refractivity contribution is -0.112. The highest BCUT2D eigenvalue weighted by Crippen LogP contribution is 2.40. The molecule has 1 heteroatoms. The Kier molecular flexibility index (Phi) is 3.30. The zero-order valence-electron chi connectivity index (χ0n) is 9.58. The largest absolute Gasteiger partial charge is 0.295 e. The summed E-state index contributed by atoms with van der Waals surface area (Å²) in [5.74, 6) is 1.25. The first-order valence-corrected chi connectivity index (χ1v) is 5.30. The zero-order chi connectivity index (χ0) is 10.8. The van der Waals surface area contributed by atoms with Gasteiger partial charge in [0.15, 0.2) is 5.78 Å². The van der Waals surface area contributed by atoms with Crippen molar-refractivity contribution >= 4 is 5.78 Å². The van der Waals surface area contributed by atoms with Crippen molar-refractivity contribution in [3.63, 3.8) is 0 Å². The summed E-state index contributed by atoms with van der Waals surface area (Å²) in [6.07, 6.45) is 9.43. The van der Waals surface area contributed by atoms with Crippen molar-refractivity contribution < 1.29 is 4.79 Å². The number of hydrogen-bond donors (Lipinski definition) is 0. The van der Waals surface area contributed by atoms with Crippen molar-refractivity contribution in [2.75, 3.05) is 0 Å². The summed E-state index contributed by atoms with van der Waals surface area (Å²) in [5.41, 5.74) is 0.184. The molecule has 1 rings (SSSR count). The van der Waals surface area contributed by atoms with Gasteiger partial charge in [0, 0.05) is 0 Å². The molecule has 0 bridgehead atoms. The molecule has 2 atom stereocenters. The molecule has 78 valence electrons. The summed E-state index contributed by atoms with van der Waals surface area (Å²) in [6, 6.07) is 0. The quantitative estimate of drug-likeness (QED) is 0.484. The van der Waals surface area contributed by atoms with E-state index in [0.29, 0.717) is 11.8 Å². The molecule has 0 heterocycles. The van der Waals surface area contributed by atoms with Crippen LogP contribution in [0.25, 0.3) is 0 Å². The van der Waals surface area contributed by atoms with Gasteiger partial charge >= 0.3 is 0 Å². The van der Waals surface area contributed by atoms with Crippen LogP contribution >= 0.6 is 0 Å². The number of rotatable bonds is 2. The van der Waals surface area contributed by atoms with Crippen LogP contribution in [-0.4, -0.2) is 5.78 Å². The molecule has 0 spiro atoms. The number of ketones is 1. The van der Waals surface area contributed by atoms with Crippen LogP contribution in [0.15, 0.2) is 24.3 Å². The lowest BCUT2D eigenvalue weighted by Crippen LogP contribution is -2.29. The van der Waals surface area contributed by atoms with E-state index in [-0.39, 0.29) is 11.2 Å². The van der Waals surface area contributed by atoms with E-state index in [4.69, 9.17) is 0 Å². The van der Waals surface area contributed by atoms with Gasteiger partial charge in [-0.1, -0.05) is 39.0 Å². The predicted octanol–water partition coefficient (Wildman–Crippen LogP) is 3.37. The maximum atomic E-state index is 10.9. The van der Waals surface area contributed by atoms with Gasteiger partial charge in [0.1, 0.15) is 0 Å². The molecule has 1 aliphatic rings. The fourth-order valence-electron chi connectivity index (χ4n) is 2.25. The van der Waals surface area contributed by atoms with Gasteiger partial charge in [-0.25, -0.2) is 0 Å². The van der Waals surface area contributed by atoms with Crippen molar-refractivity contribution in [1.82, 2.24) is 0 Å². The normalized spacial score (nSPS) is 30.9. The molecular formula is C13H20O. The Morgan fingerprint density at radius 3 is 2.64 bits per heavy atom. The third-order valence-corrected chi connectivity index (χ3v) is 3.07. The molecule has 0 aromatic heterocycles. The van der Waals surface area contributed by atoms with E-state index in [1.807, 2.05) is 0 Å². The molecule has 0 N–H and O–H groups in total. The molecule has 1 aliphatic carbocycles. The summed E-state index contributed by atoms with van der Waals surface area (Å²) in [7, 11) is 0. The lowest BCUT2D eigenvalue weighted by atomic mass is 9.68. The molecule has 2 unspecified atom stereocenters. The van der Waals surface area contributed by atoms with Gasteiger partial charge in [-0.05, 0) is 36.7 Å². The van der Waals surface area contributed by atoms with Crippen molar-refractivity contribution in [2.45, 2.75) is 34.1 Å². The molecule has 14 heavy (non-hydrogen) atoms. The van der Waals surface area contributed by atoms with Gasteiger partial charge in [-0.15, -0.1) is 0 Å². The minimum Gasteiger partial charge on any atom is -0.295 e. The second kappa shape index (κ2) is 4.12. The molecule has 1 nitrogen and oxygen atoms in total. The van der Waals surface area contributed by atoms with Crippen LogP contribution in [0.4, 0.5) is 0 Å². The zero-order valence-corrected chi connectivity index (χ0v) is 9.58. The highest BCUT2D eigenvalue weighted by Gasteiger charge is 2.31. The van der Waals surface area contributed by atoms with Crippen LogP contribution in [0.3, 0.4) is 0 Å². The third kappa shape index (κ3) is 2.57. The van der Waals surface area contributed by atoms with Gasteiger partial charge in [0.05, 0.1) is 0 Å². The average molecular weight is 192 g/mol. The number of carbonyl (C=O) groups is 1. The van der Waals surface area contributed by atoms with Crippen LogP contribution < -0.4 is 0 Å². The lowest BCUT2D eigenvalue weighted by Gasteiger charge is -2.37. The molecule has 0 aromatic rings. The van der Waals surface area contributed by atoms with Crippen LogP contribution in [0.1, 0.15) is 34.1 Å². The van der Waals surface area contributed by atoms with Crippen molar-refractivity contribution in [3.05, 3.63) is 24.3 Å². The summed E-state index contributed by atoms with van der Waals surface area (Å²) in [4.78, 5) is 10.9. The van der Waals surface area contributed by atoms with Crippen molar-refractivity contribution in [2.24, 2.45) is 17.3 Å². The molecule has 0 fully saturated rings. The standard InChI is InChI=1S/C13H20O/c1-10-6-5-9-13(3,4)12(10)8-7-11(2)14/h5,7-10,12H,6H2,1-4H3/b8-7+. The SMILES string of the molecule is CC(=O)/C=C/C1C(C)CC=CC1(C)C. The maximum Gasteiger partial charge on any atom is 0.152 e. The topological polar surface area (TPSA) is 17.1 Å². The number of hydrogen-bond acceptors (Lipinski definition) is 1. The van der Waals surface area contributed by atoms with Crippen LogP contribution in [0.2, 0.25) is 0 Å². The Balaban J connectivity index is 2.83. The van der Waals surface area contributed by atoms with Gasteiger partial charge in [0.25, 0.3) is 0 Å². The van der Waals surface area contributed by atoms with E-state index in [1.165, 1.54) is 0 Å². The Hall–Kier alpha value is -0.850. The van der Waals surface area contributed by atoms with Crippen LogP contribution in [0, 0.1) is 17.3 Å². The fraction of sp³-hybridized carbons (Fsp3) is 0.615. The monoisotopic (exact) mass is 192 g/mol. The molecule has 0 saturated carbocycles. The summed E-state index contributed by atoms with van der Waals surface area (Å²) < 4.78 is 0. The highest BCUT2D eigenvalue weighted by molar-refractivity contribution is 5.87. The van der Waals surface area contributed by atoms with E-state index in [1.54, 1.807) is 13.0 Å². The van der Waals surface area contributed by atoms with Gasteiger partial charge in [-0.3, -0.25) is 4.79 Å². The molecular weight excluding hydrogens is 172 g/mol. The first kappa shape index (κ1) is 11.2. The van der Waals surface area contributed by atoms with E-state index >= 15 is 0 Å². The molecule has 0 aliphatic heterocycles. The van der Waals surface area contributed by atoms with E-state index in [2.05, 4.69) is 39.0 Å². The van der Waals surface area contributed by atoms with Crippen molar-refractivity contribution in [3.8, 4) is 0 Å². The molecule has 0 radical (unpaired) electrons. The highest BCUT2D eigenvalue weighted by atomic mass is 16.1. The molecule has 0 amide bonds. The number of allylic oxidation sites excluding steroid dienone is 4. The minimum atomic E-state index is 0.141. The fourth-order valence-corrected chi connectivity index (χ4v) is 2.25. The first-order valence-electron chi connectivity index (χ1n) is 5.30. The second-order valence-electron chi connectivity index (χ2n) is 4.93. The smallest absolute Gasteiger partial charge is 0.152 e. The first-order chi connectivity index (χ1) is 6.43. The van der Waals surface area contributed by atoms with E-state index in [0.717, 1.165) is 6.42 Å². The Morgan fingerprint density at radius 1 is 1.50 bits per heavy atom. The van der Waals surface area contributed by atoms with E-state index in [9.17, 15) is 4.79 Å². The predicted molar refractivity (Wildman–Crippen MR) is 60.0 cm³/mol. The average Bonchev–Trinajstić information content (AvgIpc) is 2.01. The summed E-state index contributed by atoms with van der Waals surface area (Å²) >= 11 is 0. The minimum absolute atomic E-state index is 0.141. The number of carbonyl (C=O) groups excluding carboxylic acids is 1. The second-order valence-corrected chi connectivity index (χ2v) is 4.93. The third-order valence-electron chi connectivity index (χ3n) is 3.07. The summed E-state index contributed by atoms with van der Waals surface area (Å²) in [6.45, 7) is 8.32. The van der Waals surface area contributed by atoms with Crippen LogP contribution in [-0.2, 0) is 4.79 Å². The Labute approximate surface area is 86.9 Å².